The summed E-state index contributed by atoms with van der Waals surface area (Å²) in [4.78, 5) is 2.17. The lowest BCUT2D eigenvalue weighted by Gasteiger charge is -2.31. The third-order valence-electron chi connectivity index (χ3n) is 6.66. The van der Waals surface area contributed by atoms with E-state index in [0.717, 1.165) is 52.5 Å². The number of alkyl halides is 3. The highest BCUT2D eigenvalue weighted by Gasteiger charge is 2.30. The summed E-state index contributed by atoms with van der Waals surface area (Å²) < 4.78 is 44.9. The second-order valence-corrected chi connectivity index (χ2v) is 9.07. The summed E-state index contributed by atoms with van der Waals surface area (Å²) >= 11 is 0. The molecule has 0 unspecified atom stereocenters. The quantitative estimate of drug-likeness (QED) is 0.367. The van der Waals surface area contributed by atoms with E-state index in [1.807, 2.05) is 32.3 Å². The van der Waals surface area contributed by atoms with Gasteiger partial charge in [-0.3, -0.25) is 5.32 Å². The molecule has 190 valence electrons. The first-order valence-corrected chi connectivity index (χ1v) is 12.1. The molecule has 4 rings (SSSR count). The molecule has 0 aromatic heterocycles. The monoisotopic (exact) mass is 495 g/mol. The Morgan fingerprint density at radius 1 is 1.03 bits per heavy atom. The molecule has 0 amide bonds. The van der Waals surface area contributed by atoms with Crippen LogP contribution < -0.4 is 20.3 Å². The third kappa shape index (κ3) is 6.02. The minimum absolute atomic E-state index is 0.0938. The van der Waals surface area contributed by atoms with Crippen molar-refractivity contribution in [3.63, 3.8) is 0 Å². The molecule has 3 aromatic carbocycles. The van der Waals surface area contributed by atoms with Crippen molar-refractivity contribution in [1.29, 1.82) is 0 Å². The number of hydrogen-bond donors (Lipinski definition) is 2. The maximum absolute atomic E-state index is 13.0. The molecule has 1 aliphatic rings. The predicted molar refractivity (Wildman–Crippen MR) is 138 cm³/mol. The first-order chi connectivity index (χ1) is 17.3. The molecular formula is C29H32F3N3O. The minimum Gasteiger partial charge on any atom is -0.490 e. The van der Waals surface area contributed by atoms with Crippen LogP contribution in [0.2, 0.25) is 0 Å². The summed E-state index contributed by atoms with van der Waals surface area (Å²) in [6.45, 7) is 5.67. The van der Waals surface area contributed by atoms with Gasteiger partial charge in [0.15, 0.2) is 0 Å². The summed E-state index contributed by atoms with van der Waals surface area (Å²) in [6.07, 6.45) is -3.04. The van der Waals surface area contributed by atoms with Gasteiger partial charge in [-0.05, 0) is 53.8 Å². The molecule has 36 heavy (non-hydrogen) atoms. The lowest BCUT2D eigenvalue weighted by atomic mass is 9.95. The fourth-order valence-corrected chi connectivity index (χ4v) is 4.50. The zero-order chi connectivity index (χ0) is 25.7. The topological polar surface area (TPSA) is 36.5 Å². The number of halogens is 3. The van der Waals surface area contributed by atoms with Gasteiger partial charge in [-0.1, -0.05) is 55.1 Å². The molecule has 0 radical (unpaired) electrons. The Labute approximate surface area is 210 Å². The van der Waals surface area contributed by atoms with Crippen LogP contribution in [0.1, 0.15) is 40.8 Å². The molecule has 7 heteroatoms. The molecule has 0 bridgehead atoms. The lowest BCUT2D eigenvalue weighted by molar-refractivity contribution is -0.137. The van der Waals surface area contributed by atoms with Crippen molar-refractivity contribution in [2.45, 2.75) is 31.1 Å². The van der Waals surface area contributed by atoms with Gasteiger partial charge in [0.25, 0.3) is 0 Å². The van der Waals surface area contributed by atoms with Crippen LogP contribution in [0.15, 0.2) is 85.1 Å². The van der Waals surface area contributed by atoms with E-state index in [1.165, 1.54) is 0 Å². The molecular weight excluding hydrogens is 463 g/mol. The van der Waals surface area contributed by atoms with Crippen molar-refractivity contribution in [2.75, 3.05) is 32.1 Å². The van der Waals surface area contributed by atoms with E-state index in [0.29, 0.717) is 19.4 Å². The smallest absolute Gasteiger partial charge is 0.416 e. The van der Waals surface area contributed by atoms with Gasteiger partial charge in [-0.2, -0.15) is 13.2 Å². The van der Waals surface area contributed by atoms with Crippen LogP contribution in [-0.2, 0) is 12.6 Å². The number of nitrogens with one attached hydrogen (secondary N) is 2. The number of nitrogens with zero attached hydrogens (tertiary/aromatic N) is 1. The molecule has 2 N–H and O–H groups in total. The number of benzene rings is 3. The molecule has 0 saturated carbocycles. The van der Waals surface area contributed by atoms with E-state index in [9.17, 15) is 13.2 Å². The van der Waals surface area contributed by atoms with Crippen LogP contribution in [0.25, 0.3) is 0 Å². The molecule has 4 nitrogen and oxygen atoms in total. The van der Waals surface area contributed by atoms with Gasteiger partial charge in [0.05, 0.1) is 23.8 Å². The second kappa shape index (κ2) is 11.1. The number of ether oxygens (including phenoxy) is 1. The normalized spacial score (nSPS) is 15.0. The Morgan fingerprint density at radius 2 is 1.75 bits per heavy atom. The van der Waals surface area contributed by atoms with Gasteiger partial charge in [0, 0.05) is 25.8 Å². The maximum Gasteiger partial charge on any atom is 0.416 e. The molecule has 0 saturated heterocycles. The first-order valence-electron chi connectivity index (χ1n) is 12.1. The van der Waals surface area contributed by atoms with Gasteiger partial charge >= 0.3 is 6.18 Å². The number of likely N-dealkylation sites (N-methyl/N-ethyl adjacent to an activating group) is 2. The first kappa shape index (κ1) is 25.6. The lowest BCUT2D eigenvalue weighted by Crippen LogP contribution is -2.32. The van der Waals surface area contributed by atoms with Crippen LogP contribution in [0.5, 0.6) is 5.75 Å². The van der Waals surface area contributed by atoms with Crippen molar-refractivity contribution in [3.8, 4) is 5.75 Å². The summed E-state index contributed by atoms with van der Waals surface area (Å²) in [5.74, 6) is 0.839. The largest absolute Gasteiger partial charge is 0.490 e. The van der Waals surface area contributed by atoms with Gasteiger partial charge in [-0.25, -0.2) is 0 Å². The van der Waals surface area contributed by atoms with E-state index in [1.54, 1.807) is 12.1 Å². The van der Waals surface area contributed by atoms with Crippen LogP contribution in [-0.4, -0.2) is 27.2 Å². The highest BCUT2D eigenvalue weighted by atomic mass is 19.4. The maximum atomic E-state index is 13.0. The highest BCUT2D eigenvalue weighted by Crippen LogP contribution is 2.36. The van der Waals surface area contributed by atoms with Crippen molar-refractivity contribution in [1.82, 2.24) is 10.6 Å². The van der Waals surface area contributed by atoms with E-state index >= 15 is 0 Å². The van der Waals surface area contributed by atoms with Crippen LogP contribution >= 0.6 is 0 Å². The fraction of sp³-hybridized carbons (Fsp3) is 0.310. The Bertz CT molecular complexity index is 1160. The number of hydrogen-bond acceptors (Lipinski definition) is 4. The van der Waals surface area contributed by atoms with Crippen LogP contribution in [0.4, 0.5) is 18.9 Å². The van der Waals surface area contributed by atoms with Gasteiger partial charge in [-0.15, -0.1) is 0 Å². The Kier molecular flexibility index (Phi) is 7.89. The number of aryl methyl sites for hydroxylation is 1. The summed E-state index contributed by atoms with van der Waals surface area (Å²) in [6, 6.07) is 21.5. The third-order valence-corrected chi connectivity index (χ3v) is 6.66. The molecule has 0 fully saturated rings. The number of fused-ring (bicyclic) bond motifs is 1. The predicted octanol–water partition coefficient (Wildman–Crippen LogP) is 6.27. The summed E-state index contributed by atoms with van der Waals surface area (Å²) in [7, 11) is 3.89. The molecule has 3 aromatic rings. The SMILES string of the molecule is C=C(NC)[C@H](N[C@@H](CCc1ccc(C(F)(F)F)cc1)c1ccc2c(c1)OCCN2C)c1ccccc1. The van der Waals surface area contributed by atoms with E-state index < -0.39 is 11.7 Å². The molecule has 0 aliphatic carbocycles. The Morgan fingerprint density at radius 3 is 2.42 bits per heavy atom. The second-order valence-electron chi connectivity index (χ2n) is 9.07. The van der Waals surface area contributed by atoms with Gasteiger partial charge in [0.1, 0.15) is 12.4 Å². The number of anilines is 1. The average molecular weight is 496 g/mol. The average Bonchev–Trinajstić information content (AvgIpc) is 2.88. The highest BCUT2D eigenvalue weighted by molar-refractivity contribution is 5.61. The van der Waals surface area contributed by atoms with Crippen molar-refractivity contribution in [3.05, 3.63) is 107 Å². The Hall–Kier alpha value is -3.45. The molecule has 0 spiro atoms. The van der Waals surface area contributed by atoms with E-state index in [2.05, 4.69) is 52.4 Å². The molecule has 1 aliphatic heterocycles. The minimum atomic E-state index is -4.34. The van der Waals surface area contributed by atoms with Crippen molar-refractivity contribution in [2.24, 2.45) is 0 Å². The van der Waals surface area contributed by atoms with E-state index in [-0.39, 0.29) is 12.1 Å². The van der Waals surface area contributed by atoms with Crippen molar-refractivity contribution >= 4 is 5.69 Å². The Balaban J connectivity index is 1.62. The van der Waals surface area contributed by atoms with Gasteiger partial charge in [0.2, 0.25) is 0 Å². The van der Waals surface area contributed by atoms with E-state index in [4.69, 9.17) is 4.74 Å². The summed E-state index contributed by atoms with van der Waals surface area (Å²) in [5.41, 5.74) is 4.23. The molecule has 2 atom stereocenters. The zero-order valence-corrected chi connectivity index (χ0v) is 20.6. The zero-order valence-electron chi connectivity index (χ0n) is 20.6. The summed E-state index contributed by atoms with van der Waals surface area (Å²) in [5, 5.41) is 6.93. The van der Waals surface area contributed by atoms with Crippen LogP contribution in [0.3, 0.4) is 0 Å². The van der Waals surface area contributed by atoms with Crippen molar-refractivity contribution < 1.29 is 17.9 Å². The number of rotatable bonds is 9. The molecule has 1 heterocycles. The van der Waals surface area contributed by atoms with Crippen LogP contribution in [0, 0.1) is 0 Å². The van der Waals surface area contributed by atoms with Gasteiger partial charge < -0.3 is 15.0 Å². The standard InChI is InChI=1S/C29H32F3N3O/c1-20(33-2)28(22-7-5-4-6-8-22)34-25(15-11-21-9-13-24(14-10-21)29(30,31)32)23-12-16-26-27(19-23)36-18-17-35(26)3/h4-10,12-14,16,19,25,28,33-34H,1,11,15,17-18H2,2-3H3/t25-,28-/m0/s1. The fourth-order valence-electron chi connectivity index (χ4n) is 4.50.